The van der Waals surface area contributed by atoms with Crippen LogP contribution in [0.5, 0.6) is 0 Å². The maximum atomic E-state index is 12.6. The predicted octanol–water partition coefficient (Wildman–Crippen LogP) is 3.11. The summed E-state index contributed by atoms with van der Waals surface area (Å²) in [7, 11) is 1.62. The average Bonchev–Trinajstić information content (AvgIpc) is 3.18. The highest BCUT2D eigenvalue weighted by molar-refractivity contribution is 8.26. The molecule has 1 aromatic heterocycles. The van der Waals surface area contributed by atoms with E-state index in [1.54, 1.807) is 24.5 Å². The molecular formula is C17H17N3O2S2. The summed E-state index contributed by atoms with van der Waals surface area (Å²) in [4.78, 5) is 18.9. The number of hydrogen-bond donors (Lipinski definition) is 0. The van der Waals surface area contributed by atoms with E-state index >= 15 is 0 Å². The molecule has 1 saturated heterocycles. The number of aromatic nitrogens is 2. The minimum Gasteiger partial charge on any atom is -0.383 e. The number of thiocarbonyl (C=S) groups is 1. The Morgan fingerprint density at radius 3 is 2.75 bits per heavy atom. The normalized spacial score (nSPS) is 17.8. The molecule has 5 nitrogen and oxygen atoms in total. The minimum atomic E-state index is -0.0722. The van der Waals surface area contributed by atoms with E-state index in [4.69, 9.17) is 17.0 Å². The molecular weight excluding hydrogens is 342 g/mol. The first-order valence-electron chi connectivity index (χ1n) is 7.44. The summed E-state index contributed by atoms with van der Waals surface area (Å²) in [5, 5.41) is 0. The Balaban J connectivity index is 1.79. The lowest BCUT2D eigenvalue weighted by atomic mass is 10.2. The Kier molecular flexibility index (Phi) is 5.13. The van der Waals surface area contributed by atoms with Gasteiger partial charge in [0.25, 0.3) is 5.91 Å². The topological polar surface area (TPSA) is 47.4 Å². The zero-order valence-electron chi connectivity index (χ0n) is 13.4. The summed E-state index contributed by atoms with van der Waals surface area (Å²) < 4.78 is 7.63. The molecule has 7 heteroatoms. The van der Waals surface area contributed by atoms with Gasteiger partial charge in [-0.1, -0.05) is 36.1 Å². The lowest BCUT2D eigenvalue weighted by Gasteiger charge is -2.22. The van der Waals surface area contributed by atoms with Gasteiger partial charge in [-0.25, -0.2) is 4.98 Å². The van der Waals surface area contributed by atoms with E-state index in [2.05, 4.69) is 4.98 Å². The Morgan fingerprint density at radius 1 is 1.38 bits per heavy atom. The highest BCUT2D eigenvalue weighted by Gasteiger charge is 2.35. The van der Waals surface area contributed by atoms with Crippen LogP contribution in [0.25, 0.3) is 11.8 Å². The summed E-state index contributed by atoms with van der Waals surface area (Å²) in [6, 6.07) is 7.85. The quantitative estimate of drug-likeness (QED) is 0.606. The first-order valence-corrected chi connectivity index (χ1v) is 8.67. The van der Waals surface area contributed by atoms with Gasteiger partial charge in [0, 0.05) is 25.2 Å². The van der Waals surface area contributed by atoms with Crippen LogP contribution in [-0.4, -0.2) is 44.4 Å². The van der Waals surface area contributed by atoms with Crippen molar-refractivity contribution < 1.29 is 9.53 Å². The largest absolute Gasteiger partial charge is 0.383 e. The molecule has 1 fully saturated rings. The van der Waals surface area contributed by atoms with Gasteiger partial charge in [0.1, 0.15) is 4.32 Å². The molecule has 2 aromatic rings. The Labute approximate surface area is 150 Å². The van der Waals surface area contributed by atoms with Gasteiger partial charge in [0.2, 0.25) is 0 Å². The number of thioether (sulfide) groups is 1. The fourth-order valence-corrected chi connectivity index (χ4v) is 3.94. The van der Waals surface area contributed by atoms with Gasteiger partial charge >= 0.3 is 0 Å². The average molecular weight is 359 g/mol. The van der Waals surface area contributed by atoms with Crippen LogP contribution in [0.4, 0.5) is 0 Å². The van der Waals surface area contributed by atoms with Gasteiger partial charge < -0.3 is 9.30 Å². The van der Waals surface area contributed by atoms with Gasteiger partial charge in [-0.2, -0.15) is 0 Å². The molecule has 1 aromatic carbocycles. The van der Waals surface area contributed by atoms with Gasteiger partial charge in [-0.05, 0) is 30.7 Å². The molecule has 3 rings (SSSR count). The van der Waals surface area contributed by atoms with Gasteiger partial charge in [-0.15, -0.1) is 0 Å². The zero-order chi connectivity index (χ0) is 17.1. The van der Waals surface area contributed by atoms with E-state index in [-0.39, 0.29) is 11.9 Å². The van der Waals surface area contributed by atoms with Crippen molar-refractivity contribution in [1.29, 1.82) is 0 Å². The second kappa shape index (κ2) is 7.29. The van der Waals surface area contributed by atoms with Gasteiger partial charge in [-0.3, -0.25) is 9.69 Å². The lowest BCUT2D eigenvalue weighted by Crippen LogP contribution is -2.39. The van der Waals surface area contributed by atoms with Crippen molar-refractivity contribution >= 4 is 40.3 Å². The zero-order valence-corrected chi connectivity index (χ0v) is 15.0. The number of nitrogens with zero attached hydrogens (tertiary/aromatic N) is 3. The molecule has 1 atom stereocenters. The fourth-order valence-electron chi connectivity index (χ4n) is 2.48. The molecule has 0 spiro atoms. The SMILES string of the molecule is COCC(C)N1C(=O)/C(=C/c2ccc(-n3ccnc3)cc2)SC1=S. The fraction of sp³-hybridized carbons (Fsp3) is 0.235. The Bertz CT molecular complexity index is 770. The molecule has 1 aliphatic rings. The highest BCUT2D eigenvalue weighted by atomic mass is 32.2. The van der Waals surface area contributed by atoms with Crippen LogP contribution >= 0.6 is 24.0 Å². The maximum absolute atomic E-state index is 12.6. The summed E-state index contributed by atoms with van der Waals surface area (Å²) in [6.45, 7) is 2.39. The summed E-state index contributed by atoms with van der Waals surface area (Å²) in [6.07, 6.45) is 7.24. The van der Waals surface area contributed by atoms with Crippen LogP contribution in [0.3, 0.4) is 0 Å². The number of methoxy groups -OCH3 is 1. The highest BCUT2D eigenvalue weighted by Crippen LogP contribution is 2.34. The summed E-state index contributed by atoms with van der Waals surface area (Å²) >= 11 is 6.67. The number of amides is 1. The Hall–Kier alpha value is -1.96. The van der Waals surface area contributed by atoms with E-state index in [0.29, 0.717) is 15.8 Å². The van der Waals surface area contributed by atoms with Crippen molar-refractivity contribution in [2.75, 3.05) is 13.7 Å². The number of carbonyl (C=O) groups excluding carboxylic acids is 1. The Morgan fingerprint density at radius 2 is 2.12 bits per heavy atom. The molecule has 0 saturated carbocycles. The van der Waals surface area contributed by atoms with E-state index in [1.165, 1.54) is 11.8 Å². The summed E-state index contributed by atoms with van der Waals surface area (Å²) in [5.41, 5.74) is 1.98. The second-order valence-electron chi connectivity index (χ2n) is 5.42. The number of carbonyl (C=O) groups is 1. The minimum absolute atomic E-state index is 0.0618. The smallest absolute Gasteiger partial charge is 0.266 e. The molecule has 2 heterocycles. The molecule has 0 aliphatic carbocycles. The van der Waals surface area contributed by atoms with Crippen LogP contribution in [0.15, 0.2) is 47.9 Å². The van der Waals surface area contributed by atoms with Crippen LogP contribution in [0, 0.1) is 0 Å². The first-order chi connectivity index (χ1) is 11.6. The number of ether oxygens (including phenoxy) is 1. The molecule has 1 unspecified atom stereocenters. The molecule has 124 valence electrons. The van der Waals surface area contributed by atoms with Crippen LogP contribution in [0.2, 0.25) is 0 Å². The molecule has 0 bridgehead atoms. The molecule has 24 heavy (non-hydrogen) atoms. The molecule has 0 N–H and O–H groups in total. The third-order valence-corrected chi connectivity index (χ3v) is 5.00. The van der Waals surface area contributed by atoms with Gasteiger partial charge in [0.15, 0.2) is 0 Å². The monoisotopic (exact) mass is 359 g/mol. The van der Waals surface area contributed by atoms with Crippen molar-refractivity contribution in [2.24, 2.45) is 0 Å². The first kappa shape index (κ1) is 16.9. The molecule has 0 radical (unpaired) electrons. The third kappa shape index (κ3) is 3.43. The number of benzene rings is 1. The van der Waals surface area contributed by atoms with Crippen molar-refractivity contribution in [3.8, 4) is 5.69 Å². The summed E-state index contributed by atoms with van der Waals surface area (Å²) in [5.74, 6) is -0.0618. The van der Waals surface area contributed by atoms with Crippen LogP contribution in [0.1, 0.15) is 12.5 Å². The maximum Gasteiger partial charge on any atom is 0.266 e. The third-order valence-electron chi connectivity index (χ3n) is 3.67. The molecule has 1 aliphatic heterocycles. The van der Waals surface area contributed by atoms with Crippen LogP contribution < -0.4 is 0 Å². The van der Waals surface area contributed by atoms with Crippen LogP contribution in [-0.2, 0) is 9.53 Å². The van der Waals surface area contributed by atoms with E-state index in [9.17, 15) is 4.79 Å². The number of rotatable bonds is 5. The van der Waals surface area contributed by atoms with Crippen molar-refractivity contribution in [3.05, 3.63) is 53.5 Å². The standard InChI is InChI=1S/C17H17N3O2S2/c1-12(10-22-2)20-16(21)15(24-17(20)23)9-13-3-5-14(6-4-13)19-8-7-18-11-19/h3-9,11-12H,10H2,1-2H3/b15-9-. The van der Waals surface area contributed by atoms with E-state index in [0.717, 1.165) is 11.3 Å². The number of hydrogen-bond acceptors (Lipinski definition) is 5. The number of imidazole rings is 1. The van der Waals surface area contributed by atoms with Gasteiger partial charge in [0.05, 0.1) is 23.9 Å². The second-order valence-corrected chi connectivity index (χ2v) is 7.09. The van der Waals surface area contributed by atoms with Crippen molar-refractivity contribution in [1.82, 2.24) is 14.5 Å². The van der Waals surface area contributed by atoms with Crippen molar-refractivity contribution in [3.63, 3.8) is 0 Å². The molecule has 1 amide bonds. The van der Waals surface area contributed by atoms with E-state index in [1.807, 2.05) is 48.0 Å². The van der Waals surface area contributed by atoms with Crippen molar-refractivity contribution in [2.45, 2.75) is 13.0 Å². The van der Waals surface area contributed by atoms with E-state index < -0.39 is 0 Å². The lowest BCUT2D eigenvalue weighted by molar-refractivity contribution is -0.124. The predicted molar refractivity (Wildman–Crippen MR) is 99.9 cm³/mol.